The van der Waals surface area contributed by atoms with Gasteiger partial charge in [0.2, 0.25) is 5.91 Å². The summed E-state index contributed by atoms with van der Waals surface area (Å²) in [6, 6.07) is 28.3. The minimum absolute atomic E-state index is 0.157. The van der Waals surface area contributed by atoms with Crippen LogP contribution in [0, 0.1) is 11.3 Å². The van der Waals surface area contributed by atoms with Gasteiger partial charge in [-0.25, -0.2) is 0 Å². The molecule has 6 nitrogen and oxygen atoms in total. The van der Waals surface area contributed by atoms with Gasteiger partial charge in [-0.1, -0.05) is 66.2 Å². The highest BCUT2D eigenvalue weighted by Gasteiger charge is 2.39. The van der Waals surface area contributed by atoms with Gasteiger partial charge in [-0.3, -0.25) is 9.69 Å². The lowest BCUT2D eigenvalue weighted by Crippen LogP contribution is -2.53. The quantitative estimate of drug-likeness (QED) is 0.510. The second-order valence-corrected chi connectivity index (χ2v) is 10.3. The van der Waals surface area contributed by atoms with Crippen LogP contribution in [0.15, 0.2) is 78.9 Å². The Labute approximate surface area is 224 Å². The lowest BCUT2D eigenvalue weighted by atomic mass is 10.1. The van der Waals surface area contributed by atoms with Crippen molar-refractivity contribution in [2.45, 2.75) is 31.6 Å². The Morgan fingerprint density at radius 2 is 1.68 bits per heavy atom. The molecule has 2 fully saturated rings. The van der Waals surface area contributed by atoms with Gasteiger partial charge in [0, 0.05) is 56.9 Å². The molecule has 2 aliphatic heterocycles. The molecule has 7 heteroatoms. The molecular weight excluding hydrogens is 482 g/mol. The molecule has 37 heavy (non-hydrogen) atoms. The fourth-order valence-corrected chi connectivity index (χ4v) is 5.65. The third-order valence-electron chi connectivity index (χ3n) is 7.36. The molecule has 5 rings (SSSR count). The maximum Gasteiger partial charge on any atom is 0.240 e. The van der Waals surface area contributed by atoms with Crippen molar-refractivity contribution < 1.29 is 4.79 Å². The minimum Gasteiger partial charge on any atom is -0.367 e. The van der Waals surface area contributed by atoms with Gasteiger partial charge in [0.25, 0.3) is 0 Å². The number of hydrogen-bond acceptors (Lipinski definition) is 5. The average Bonchev–Trinajstić information content (AvgIpc) is 3.34. The zero-order valence-electron chi connectivity index (χ0n) is 20.9. The Morgan fingerprint density at radius 3 is 2.43 bits per heavy atom. The fourth-order valence-electron chi connectivity index (χ4n) is 5.43. The van der Waals surface area contributed by atoms with E-state index in [0.717, 1.165) is 55.4 Å². The highest BCUT2D eigenvalue weighted by molar-refractivity contribution is 6.30. The number of halogens is 1. The lowest BCUT2D eigenvalue weighted by Gasteiger charge is -2.38. The third-order valence-corrected chi connectivity index (χ3v) is 7.59. The first kappa shape index (κ1) is 25.3. The first-order valence-corrected chi connectivity index (χ1v) is 13.3. The van der Waals surface area contributed by atoms with E-state index in [-0.39, 0.29) is 18.0 Å². The fraction of sp³-hybridized carbons (Fsp3) is 0.333. The van der Waals surface area contributed by atoms with Crippen LogP contribution in [0.4, 0.5) is 5.69 Å². The largest absolute Gasteiger partial charge is 0.367 e. The number of hydrogen-bond donors (Lipinski definition) is 1. The van der Waals surface area contributed by atoms with Crippen LogP contribution < -0.4 is 10.2 Å². The normalized spacial score (nSPS) is 20.1. The maximum atomic E-state index is 13.8. The molecule has 0 aliphatic carbocycles. The summed E-state index contributed by atoms with van der Waals surface area (Å²) in [5, 5.41) is 13.9. The Morgan fingerprint density at radius 1 is 0.946 bits per heavy atom. The van der Waals surface area contributed by atoms with E-state index in [0.29, 0.717) is 18.7 Å². The second-order valence-electron chi connectivity index (χ2n) is 9.82. The number of carbonyl (C=O) groups is 1. The molecule has 0 aromatic heterocycles. The van der Waals surface area contributed by atoms with E-state index < -0.39 is 0 Å². The van der Waals surface area contributed by atoms with Crippen LogP contribution in [-0.2, 0) is 17.9 Å². The van der Waals surface area contributed by atoms with E-state index in [1.807, 2.05) is 53.4 Å². The van der Waals surface area contributed by atoms with E-state index in [1.165, 1.54) is 5.56 Å². The molecule has 2 atom stereocenters. The monoisotopic (exact) mass is 513 g/mol. The summed E-state index contributed by atoms with van der Waals surface area (Å²) in [4.78, 5) is 20.3. The number of benzene rings is 3. The molecule has 3 aromatic carbocycles. The molecule has 1 N–H and O–H groups in total. The predicted molar refractivity (Wildman–Crippen MR) is 147 cm³/mol. The van der Waals surface area contributed by atoms with Gasteiger partial charge < -0.3 is 15.1 Å². The molecule has 2 heterocycles. The number of piperazine rings is 1. The smallest absolute Gasteiger partial charge is 0.240 e. The molecule has 2 saturated heterocycles. The van der Waals surface area contributed by atoms with Gasteiger partial charge >= 0.3 is 0 Å². The van der Waals surface area contributed by atoms with Crippen molar-refractivity contribution >= 4 is 23.2 Å². The summed E-state index contributed by atoms with van der Waals surface area (Å²) in [5.74, 6) is 0.205. The van der Waals surface area contributed by atoms with Crippen molar-refractivity contribution in [3.05, 3.63) is 101 Å². The van der Waals surface area contributed by atoms with Gasteiger partial charge in [0.05, 0.1) is 17.3 Å². The van der Waals surface area contributed by atoms with E-state index in [4.69, 9.17) is 11.6 Å². The standard InChI is InChI=1S/C30H32ClN5O/c31-26-11-6-9-24(17-26)20-33-27-18-29(36(22-27)21-23-7-2-1-3-8-23)30(37)35-15-13-34(14-16-35)28-12-5-4-10-25(28)19-32/h1-12,17,27,29,33H,13-16,18,20-22H2/t27-,29-/m0/s1. The minimum atomic E-state index is -0.157. The van der Waals surface area contributed by atoms with Crippen molar-refractivity contribution in [2.24, 2.45) is 0 Å². The van der Waals surface area contributed by atoms with Crippen LogP contribution in [0.3, 0.4) is 0 Å². The van der Waals surface area contributed by atoms with Crippen LogP contribution in [0.5, 0.6) is 0 Å². The van der Waals surface area contributed by atoms with E-state index in [1.54, 1.807) is 0 Å². The van der Waals surface area contributed by atoms with Crippen LogP contribution in [0.2, 0.25) is 5.02 Å². The van der Waals surface area contributed by atoms with Crippen LogP contribution in [0.25, 0.3) is 0 Å². The Balaban J connectivity index is 1.25. The van der Waals surface area contributed by atoms with Gasteiger partial charge in [-0.15, -0.1) is 0 Å². The third kappa shape index (κ3) is 6.14. The van der Waals surface area contributed by atoms with Crippen molar-refractivity contribution in [3.63, 3.8) is 0 Å². The molecular formula is C30H32ClN5O. The SMILES string of the molecule is N#Cc1ccccc1N1CCN(C(=O)[C@@H]2C[C@H](NCc3cccc(Cl)c3)CN2Cc2ccccc2)CC1. The topological polar surface area (TPSA) is 62.6 Å². The first-order valence-electron chi connectivity index (χ1n) is 12.9. The second kappa shape index (κ2) is 11.8. The highest BCUT2D eigenvalue weighted by atomic mass is 35.5. The Bertz CT molecular complexity index is 1250. The number of nitrogens with one attached hydrogen (secondary N) is 1. The number of rotatable bonds is 7. The molecule has 2 aliphatic rings. The molecule has 0 spiro atoms. The number of amides is 1. The molecule has 0 saturated carbocycles. The molecule has 1 amide bonds. The molecule has 3 aromatic rings. The lowest BCUT2D eigenvalue weighted by molar-refractivity contribution is -0.136. The van der Waals surface area contributed by atoms with Crippen LogP contribution in [-0.4, -0.2) is 60.5 Å². The highest BCUT2D eigenvalue weighted by Crippen LogP contribution is 2.26. The number of para-hydroxylation sites is 1. The number of carbonyl (C=O) groups excluding carboxylic acids is 1. The molecule has 0 radical (unpaired) electrons. The summed E-state index contributed by atoms with van der Waals surface area (Å²) < 4.78 is 0. The Kier molecular flexibility index (Phi) is 8.05. The summed E-state index contributed by atoms with van der Waals surface area (Å²) >= 11 is 6.17. The van der Waals surface area contributed by atoms with Gasteiger partial charge in [-0.05, 0) is 41.8 Å². The van der Waals surface area contributed by atoms with Crippen LogP contribution >= 0.6 is 11.6 Å². The predicted octanol–water partition coefficient (Wildman–Crippen LogP) is 4.29. The number of likely N-dealkylation sites (tertiary alicyclic amines) is 1. The number of nitriles is 1. The summed E-state index contributed by atoms with van der Waals surface area (Å²) in [6.45, 7) is 5.08. The zero-order chi connectivity index (χ0) is 25.6. The zero-order valence-corrected chi connectivity index (χ0v) is 21.6. The van der Waals surface area contributed by atoms with Crippen molar-refractivity contribution in [1.82, 2.24) is 15.1 Å². The van der Waals surface area contributed by atoms with Gasteiger partial charge in [-0.2, -0.15) is 5.26 Å². The van der Waals surface area contributed by atoms with Gasteiger partial charge in [0.15, 0.2) is 0 Å². The summed E-state index contributed by atoms with van der Waals surface area (Å²) in [6.07, 6.45) is 0.781. The summed E-state index contributed by atoms with van der Waals surface area (Å²) in [7, 11) is 0. The molecule has 0 unspecified atom stereocenters. The maximum absolute atomic E-state index is 13.8. The van der Waals surface area contributed by atoms with E-state index in [9.17, 15) is 10.1 Å². The van der Waals surface area contributed by atoms with Gasteiger partial charge in [0.1, 0.15) is 6.07 Å². The van der Waals surface area contributed by atoms with Crippen molar-refractivity contribution in [1.29, 1.82) is 5.26 Å². The van der Waals surface area contributed by atoms with Crippen LogP contribution in [0.1, 0.15) is 23.1 Å². The molecule has 190 valence electrons. The number of nitrogens with zero attached hydrogens (tertiary/aromatic N) is 4. The van der Waals surface area contributed by atoms with Crippen molar-refractivity contribution in [2.75, 3.05) is 37.6 Å². The average molecular weight is 514 g/mol. The van der Waals surface area contributed by atoms with E-state index >= 15 is 0 Å². The first-order chi connectivity index (χ1) is 18.1. The van der Waals surface area contributed by atoms with E-state index in [2.05, 4.69) is 51.5 Å². The van der Waals surface area contributed by atoms with Crippen molar-refractivity contribution in [3.8, 4) is 6.07 Å². The number of anilines is 1. The molecule has 0 bridgehead atoms. The Hall–Kier alpha value is -3.37. The summed E-state index contributed by atoms with van der Waals surface area (Å²) in [5.41, 5.74) is 3.99.